The van der Waals surface area contributed by atoms with Crippen molar-refractivity contribution < 1.29 is 58.3 Å². The van der Waals surface area contributed by atoms with Gasteiger partial charge in [0.15, 0.2) is 5.78 Å². The molecule has 0 radical (unpaired) electrons. The second-order valence-corrected chi connectivity index (χ2v) is 10.3. The van der Waals surface area contributed by atoms with Crippen LogP contribution in [0.3, 0.4) is 0 Å². The molecule has 1 heterocycles. The number of ketones is 1. The van der Waals surface area contributed by atoms with Crippen molar-refractivity contribution in [3.8, 4) is 0 Å². The molecule has 2 aromatic rings. The van der Waals surface area contributed by atoms with Gasteiger partial charge in [0.2, 0.25) is 0 Å². The molecular weight excluding hydrogens is 691 g/mol. The molecule has 1 amide bonds. The van der Waals surface area contributed by atoms with E-state index in [1.807, 2.05) is 0 Å². The molecule has 3 rings (SSSR count). The van der Waals surface area contributed by atoms with Gasteiger partial charge in [0.1, 0.15) is 18.3 Å². The summed E-state index contributed by atoms with van der Waals surface area (Å²) < 4.78 is 135. The number of alkyl halides is 9. The van der Waals surface area contributed by atoms with Crippen molar-refractivity contribution in [1.29, 1.82) is 0 Å². The van der Waals surface area contributed by atoms with E-state index in [2.05, 4.69) is 20.8 Å². The minimum atomic E-state index is -5.31. The maximum absolute atomic E-state index is 15.0. The Kier molecular flexibility index (Phi) is 9.78. The van der Waals surface area contributed by atoms with Crippen LogP contribution < -0.4 is 0 Å². The predicted molar refractivity (Wildman–Crippen MR) is 130 cm³/mol. The molecule has 0 aromatic heterocycles. The van der Waals surface area contributed by atoms with Crippen molar-refractivity contribution in [3.05, 3.63) is 73.2 Å². The number of carbonyl (C=O) groups is 2. The number of amides is 1. The molecule has 224 valence electrons. The highest BCUT2D eigenvalue weighted by Crippen LogP contribution is 2.43. The van der Waals surface area contributed by atoms with Gasteiger partial charge < -0.3 is 0 Å². The van der Waals surface area contributed by atoms with Crippen molar-refractivity contribution in [3.63, 3.8) is 0 Å². The zero-order valence-corrected chi connectivity index (χ0v) is 22.9. The molecule has 0 spiro atoms. The number of hydroxylamine groups is 2. The first-order chi connectivity index (χ1) is 18.7. The van der Waals surface area contributed by atoms with E-state index in [1.54, 1.807) is 0 Å². The van der Waals surface area contributed by atoms with Crippen molar-refractivity contribution in [2.24, 2.45) is 5.92 Å². The van der Waals surface area contributed by atoms with Gasteiger partial charge in [-0.05, 0) is 45.8 Å². The predicted octanol–water partition coefficient (Wildman–Crippen LogP) is 8.96. The maximum atomic E-state index is 15.0. The molecule has 0 N–H and O–H groups in total. The molecule has 0 bridgehead atoms. The summed E-state index contributed by atoms with van der Waals surface area (Å²) in [6.45, 7) is -2.51. The summed E-state index contributed by atoms with van der Waals surface area (Å²) in [5.74, 6) is -8.53. The van der Waals surface area contributed by atoms with E-state index in [0.29, 0.717) is 12.1 Å². The second-order valence-electron chi connectivity index (χ2n) is 8.70. The first-order valence-corrected chi connectivity index (χ1v) is 12.6. The Morgan fingerprint density at radius 1 is 1.07 bits per heavy atom. The van der Waals surface area contributed by atoms with Gasteiger partial charge in [-0.25, -0.2) is 9.45 Å². The van der Waals surface area contributed by atoms with Crippen LogP contribution in [0.15, 0.2) is 40.9 Å². The molecule has 0 aliphatic carbocycles. The average Bonchev–Trinajstić information content (AvgIpc) is 3.16. The van der Waals surface area contributed by atoms with E-state index >= 15 is 4.39 Å². The number of nitrogens with zero attached hydrogens (tertiary/aromatic N) is 1. The highest BCUT2D eigenvalue weighted by atomic mass is 79.9. The standard InChI is InChI=1S/C24H14BrCl2F10NO3/c25-16-4-11(5-17(26)20(16)27)14(23(32,33)34)7-18(28)10-1-2-13(15(3-10)24(35,36)37)19(39)6-12-8-41-38(21(12)40)9-22(29,30)31/h1-5,7,12,14H,6,8-9H2/b18-7-/t12-,14?/m1/s1. The maximum Gasteiger partial charge on any atom is 0.417 e. The smallest absolute Gasteiger partial charge is 0.294 e. The molecule has 17 heteroatoms. The molecule has 2 atom stereocenters. The molecule has 41 heavy (non-hydrogen) atoms. The van der Waals surface area contributed by atoms with Gasteiger partial charge in [0.25, 0.3) is 5.91 Å². The lowest BCUT2D eigenvalue weighted by Gasteiger charge is -2.19. The monoisotopic (exact) mass is 703 g/mol. The highest BCUT2D eigenvalue weighted by Gasteiger charge is 2.43. The third-order valence-electron chi connectivity index (χ3n) is 5.71. The number of hydrogen-bond acceptors (Lipinski definition) is 3. The van der Waals surface area contributed by atoms with Crippen LogP contribution in [0, 0.1) is 5.92 Å². The highest BCUT2D eigenvalue weighted by molar-refractivity contribution is 9.10. The minimum Gasteiger partial charge on any atom is -0.294 e. The van der Waals surface area contributed by atoms with Crippen molar-refractivity contribution in [2.45, 2.75) is 30.9 Å². The third kappa shape index (κ3) is 8.14. The summed E-state index contributed by atoms with van der Waals surface area (Å²) in [4.78, 5) is 29.3. The normalized spacial score (nSPS) is 17.8. The van der Waals surface area contributed by atoms with E-state index in [9.17, 15) is 49.1 Å². The molecular formula is C24H14BrCl2F10NO3. The number of carbonyl (C=O) groups excluding carboxylic acids is 2. The SMILES string of the molecule is O=C(C[C@@H]1CON(CC(F)(F)F)C1=O)c1ccc(/C(F)=C/C(c2cc(Cl)c(Cl)c(Br)c2)C(F)(F)F)cc1C(F)(F)F. The second kappa shape index (κ2) is 12.1. The first kappa shape index (κ1) is 33.1. The van der Waals surface area contributed by atoms with Gasteiger partial charge in [-0.1, -0.05) is 35.3 Å². The van der Waals surface area contributed by atoms with Gasteiger partial charge in [0, 0.05) is 22.0 Å². The Labute approximate surface area is 242 Å². The molecule has 1 saturated heterocycles. The fourth-order valence-corrected chi connectivity index (χ4v) is 4.76. The van der Waals surface area contributed by atoms with Crippen LogP contribution in [0.2, 0.25) is 10.0 Å². The largest absolute Gasteiger partial charge is 0.417 e. The Bertz CT molecular complexity index is 1350. The zero-order valence-electron chi connectivity index (χ0n) is 19.8. The van der Waals surface area contributed by atoms with Crippen LogP contribution in [-0.4, -0.2) is 42.3 Å². The number of rotatable bonds is 7. The molecule has 1 fully saturated rings. The van der Waals surface area contributed by atoms with E-state index in [1.165, 1.54) is 0 Å². The molecule has 0 saturated carbocycles. The van der Waals surface area contributed by atoms with Crippen LogP contribution in [-0.2, 0) is 15.8 Å². The van der Waals surface area contributed by atoms with E-state index in [-0.39, 0.29) is 31.7 Å². The minimum absolute atomic E-state index is 0.0206. The van der Waals surface area contributed by atoms with Crippen LogP contribution in [0.5, 0.6) is 0 Å². The summed E-state index contributed by atoms with van der Waals surface area (Å²) in [6, 6.07) is 2.95. The van der Waals surface area contributed by atoms with E-state index < -0.39 is 89.7 Å². The quantitative estimate of drug-likeness (QED) is 0.164. The summed E-state index contributed by atoms with van der Waals surface area (Å²) in [5.41, 5.74) is -4.35. The molecule has 1 aliphatic heterocycles. The Morgan fingerprint density at radius 2 is 1.71 bits per heavy atom. The fourth-order valence-electron chi connectivity index (χ4n) is 3.83. The van der Waals surface area contributed by atoms with Crippen molar-refractivity contribution in [1.82, 2.24) is 5.06 Å². The zero-order chi connectivity index (χ0) is 31.1. The van der Waals surface area contributed by atoms with E-state index in [4.69, 9.17) is 23.2 Å². The Morgan fingerprint density at radius 3 is 2.24 bits per heavy atom. The lowest BCUT2D eigenvalue weighted by molar-refractivity contribution is -0.214. The fraction of sp³-hybridized carbons (Fsp3) is 0.333. The number of benzene rings is 2. The van der Waals surface area contributed by atoms with Crippen molar-refractivity contribution >= 4 is 56.6 Å². The van der Waals surface area contributed by atoms with Crippen molar-refractivity contribution in [2.75, 3.05) is 13.2 Å². The molecule has 1 aliphatic rings. The van der Waals surface area contributed by atoms with Crippen LogP contribution in [0.4, 0.5) is 43.9 Å². The van der Waals surface area contributed by atoms with Crippen LogP contribution >= 0.6 is 39.1 Å². The molecule has 1 unspecified atom stereocenters. The number of hydrogen-bond donors (Lipinski definition) is 0. The Balaban J connectivity index is 1.95. The summed E-state index contributed by atoms with van der Waals surface area (Å²) in [7, 11) is 0. The topological polar surface area (TPSA) is 46.6 Å². The first-order valence-electron chi connectivity index (χ1n) is 11.0. The van der Waals surface area contributed by atoms with E-state index in [0.717, 1.165) is 12.1 Å². The summed E-state index contributed by atoms with van der Waals surface area (Å²) in [5, 5.41) is -0.501. The molecule has 2 aromatic carbocycles. The summed E-state index contributed by atoms with van der Waals surface area (Å²) in [6.07, 6.45) is -16.2. The lowest BCUT2D eigenvalue weighted by Crippen LogP contribution is -2.35. The van der Waals surface area contributed by atoms with Gasteiger partial charge in [-0.2, -0.15) is 39.5 Å². The lowest BCUT2D eigenvalue weighted by atomic mass is 9.92. The van der Waals surface area contributed by atoms with Gasteiger partial charge in [-0.3, -0.25) is 14.4 Å². The Hall–Kier alpha value is -2.36. The average molecular weight is 705 g/mol. The number of allylic oxidation sites excluding steroid dienone is 1. The third-order valence-corrected chi connectivity index (χ3v) is 7.37. The number of Topliss-reactive ketones (excluding diaryl/α,β-unsaturated/α-hetero) is 1. The number of halogens is 13. The van der Waals surface area contributed by atoms with Crippen LogP contribution in [0.25, 0.3) is 5.83 Å². The van der Waals surface area contributed by atoms with Gasteiger partial charge in [0.05, 0.1) is 28.1 Å². The summed E-state index contributed by atoms with van der Waals surface area (Å²) >= 11 is 14.5. The van der Waals surface area contributed by atoms with Gasteiger partial charge in [-0.15, -0.1) is 0 Å². The van der Waals surface area contributed by atoms with Crippen LogP contribution in [0.1, 0.15) is 39.4 Å². The van der Waals surface area contributed by atoms with Gasteiger partial charge >= 0.3 is 18.5 Å². The molecule has 4 nitrogen and oxygen atoms in total.